The summed E-state index contributed by atoms with van der Waals surface area (Å²) >= 11 is 0. The van der Waals surface area contributed by atoms with Crippen LogP contribution in [0, 0.1) is 27.3 Å². The summed E-state index contributed by atoms with van der Waals surface area (Å²) in [4.78, 5) is 58.7. The lowest BCUT2D eigenvalue weighted by Crippen LogP contribution is -2.61. The molecule has 0 unspecified atom stereocenters. The van der Waals surface area contributed by atoms with Crippen LogP contribution in [-0.2, 0) is 10.0 Å². The smallest absolute Gasteiger partial charge is 0.320 e. The van der Waals surface area contributed by atoms with Gasteiger partial charge in [-0.15, -0.1) is 0 Å². The Balaban J connectivity index is 0.928. The van der Waals surface area contributed by atoms with Crippen LogP contribution in [0.2, 0.25) is 0 Å². The summed E-state index contributed by atoms with van der Waals surface area (Å²) in [6.45, 7) is 15.4. The van der Waals surface area contributed by atoms with Crippen molar-refractivity contribution >= 4 is 50.2 Å². The fourth-order valence-electron chi connectivity index (χ4n) is 11.7. The number of piperazine rings is 1. The second-order valence-corrected chi connectivity index (χ2v) is 23.0. The summed E-state index contributed by atoms with van der Waals surface area (Å²) < 4.78 is 56.5. The second kappa shape index (κ2) is 21.6. The molecule has 1 atom stereocenters. The lowest BCUT2D eigenvalue weighted by molar-refractivity contribution is -0.384. The van der Waals surface area contributed by atoms with E-state index in [1.54, 1.807) is 19.1 Å². The number of hydrogen-bond acceptors (Lipinski definition) is 14. The summed E-state index contributed by atoms with van der Waals surface area (Å²) in [6, 6.07) is 16.2. The van der Waals surface area contributed by atoms with Crippen molar-refractivity contribution in [1.82, 2.24) is 34.4 Å². The van der Waals surface area contributed by atoms with Crippen LogP contribution in [-0.4, -0.2) is 131 Å². The van der Waals surface area contributed by atoms with Crippen LogP contribution in [0.3, 0.4) is 0 Å². The molecule has 19 nitrogen and oxygen atoms in total. The molecule has 3 amide bonds. The number of amides is 3. The Morgan fingerprint density at radius 1 is 1.01 bits per heavy atom. The van der Waals surface area contributed by atoms with Crippen molar-refractivity contribution in [2.24, 2.45) is 11.3 Å². The number of benzene rings is 2. The Hall–Kier alpha value is -6.58. The first-order valence-electron chi connectivity index (χ1n) is 26.2. The van der Waals surface area contributed by atoms with Gasteiger partial charge in [-0.1, -0.05) is 38.1 Å². The number of carbonyl (C=O) groups excluding carboxylic acids is 2. The minimum atomic E-state index is -4.75. The zero-order valence-corrected chi connectivity index (χ0v) is 44.4. The molecule has 1 spiro atoms. The van der Waals surface area contributed by atoms with Gasteiger partial charge in [-0.25, -0.2) is 27.3 Å². The van der Waals surface area contributed by atoms with E-state index in [1.165, 1.54) is 30.4 Å². The van der Waals surface area contributed by atoms with Crippen molar-refractivity contribution in [3.8, 4) is 17.4 Å². The van der Waals surface area contributed by atoms with Crippen LogP contribution in [0.25, 0.3) is 11.0 Å². The summed E-state index contributed by atoms with van der Waals surface area (Å²) in [5.41, 5.74) is 2.07. The number of aromatic nitrogens is 3. The van der Waals surface area contributed by atoms with Crippen molar-refractivity contribution in [3.63, 3.8) is 0 Å². The van der Waals surface area contributed by atoms with Crippen molar-refractivity contribution in [3.05, 3.63) is 99.6 Å². The number of carbonyl (C=O) groups is 2. The number of pyridine rings is 2. The molecule has 2 aliphatic heterocycles. The number of hydrogen-bond donors (Lipinski definition) is 4. The number of piperidine rings is 1. The third-order valence-corrected chi connectivity index (χ3v) is 17.5. The average molecular weight is 1050 g/mol. The third kappa shape index (κ3) is 11.2. The van der Waals surface area contributed by atoms with Crippen LogP contribution in [0.15, 0.2) is 71.9 Å². The maximum atomic E-state index is 14.9. The van der Waals surface area contributed by atoms with Gasteiger partial charge in [-0.2, -0.15) is 4.98 Å². The number of H-pyrrole nitrogens is 1. The molecule has 4 fully saturated rings. The number of aromatic amines is 1. The summed E-state index contributed by atoms with van der Waals surface area (Å²) in [5, 5.41) is 25.6. The first-order chi connectivity index (χ1) is 35.8. The van der Waals surface area contributed by atoms with Crippen LogP contribution < -0.4 is 24.4 Å². The maximum Gasteiger partial charge on any atom is 0.320 e. The fraction of sp³-hybridized carbons (Fsp3) is 0.519. The van der Waals surface area contributed by atoms with Gasteiger partial charge in [-0.3, -0.25) is 19.8 Å². The molecule has 402 valence electrons. The van der Waals surface area contributed by atoms with Crippen LogP contribution >= 0.6 is 0 Å². The molecule has 21 heteroatoms. The number of anilines is 2. The molecule has 2 aromatic carbocycles. The number of sulfonamides is 1. The number of nitrogens with zero attached hydrogens (tertiary/aromatic N) is 7. The number of fused-ring (bicyclic) bond motifs is 1. The van der Waals surface area contributed by atoms with Crippen LogP contribution in [0.1, 0.15) is 119 Å². The number of urea groups is 1. The molecule has 9 rings (SSSR count). The molecule has 5 aromatic rings. The molecule has 75 heavy (non-hydrogen) atoms. The van der Waals surface area contributed by atoms with E-state index in [1.807, 2.05) is 28.4 Å². The minimum absolute atomic E-state index is 0.0255. The zero-order chi connectivity index (χ0) is 53.4. The molecule has 4 aliphatic rings. The van der Waals surface area contributed by atoms with E-state index in [-0.39, 0.29) is 63.2 Å². The fourth-order valence-corrected chi connectivity index (χ4v) is 12.6. The van der Waals surface area contributed by atoms with E-state index in [9.17, 15) is 37.6 Å². The SMILES string of the molecule is CCN(CC)C(=O)N1CCN(C2CC3(CCN(c4ccc(C(=O)NS(=O)(=O)c5cnc(NCC6CCC(C)(O)CC6)c([N+](=O)[O-])c5)c(Oc5cc6c(F)c[nH]c6nc5OC)c4)CC3)C2)[C@H](c2ccccc2C(C)C)C1. The highest BCUT2D eigenvalue weighted by molar-refractivity contribution is 7.90. The summed E-state index contributed by atoms with van der Waals surface area (Å²) in [5.74, 6) is -1.49. The van der Waals surface area contributed by atoms with Crippen molar-refractivity contribution in [2.45, 2.75) is 114 Å². The molecule has 4 N–H and O–H groups in total. The van der Waals surface area contributed by atoms with Gasteiger partial charge in [-0.05, 0) is 113 Å². The van der Waals surface area contributed by atoms with Gasteiger partial charge in [0.05, 0.1) is 40.8 Å². The first-order valence-corrected chi connectivity index (χ1v) is 27.6. The Labute approximate surface area is 437 Å². The lowest BCUT2D eigenvalue weighted by Gasteiger charge is -2.58. The van der Waals surface area contributed by atoms with E-state index in [4.69, 9.17) is 9.47 Å². The Kier molecular flexibility index (Phi) is 15.3. The third-order valence-electron chi connectivity index (χ3n) is 16.2. The number of halogens is 1. The van der Waals surface area contributed by atoms with E-state index < -0.39 is 42.9 Å². The number of methoxy groups -OCH3 is 1. The van der Waals surface area contributed by atoms with Gasteiger partial charge in [0, 0.05) is 88.5 Å². The molecule has 5 heterocycles. The minimum Gasteiger partial charge on any atom is -0.478 e. The van der Waals surface area contributed by atoms with E-state index in [0.29, 0.717) is 89.1 Å². The van der Waals surface area contributed by atoms with Crippen molar-refractivity contribution in [2.75, 3.05) is 69.7 Å². The molecule has 0 bridgehead atoms. The molecule has 2 aliphatic carbocycles. The van der Waals surface area contributed by atoms with Gasteiger partial charge in [0.15, 0.2) is 5.75 Å². The maximum absolute atomic E-state index is 14.9. The topological polar surface area (TPSA) is 229 Å². The van der Waals surface area contributed by atoms with Gasteiger partial charge in [0.2, 0.25) is 5.82 Å². The number of rotatable bonds is 16. The first kappa shape index (κ1) is 53.3. The Morgan fingerprint density at radius 2 is 1.73 bits per heavy atom. The van der Waals surface area contributed by atoms with E-state index in [2.05, 4.69) is 68.2 Å². The normalized spacial score (nSPS) is 21.2. The molecule has 2 saturated heterocycles. The lowest BCUT2D eigenvalue weighted by atomic mass is 9.59. The highest BCUT2D eigenvalue weighted by Gasteiger charge is 2.50. The van der Waals surface area contributed by atoms with Gasteiger partial charge in [0.25, 0.3) is 21.8 Å². The zero-order valence-electron chi connectivity index (χ0n) is 43.6. The highest BCUT2D eigenvalue weighted by atomic mass is 32.2. The monoisotopic (exact) mass is 1050 g/mol. The van der Waals surface area contributed by atoms with E-state index in [0.717, 1.165) is 50.7 Å². The van der Waals surface area contributed by atoms with Crippen LogP contribution in [0.5, 0.6) is 17.4 Å². The Bertz CT molecular complexity index is 3030. The Morgan fingerprint density at radius 3 is 2.41 bits per heavy atom. The second-order valence-electron chi connectivity index (χ2n) is 21.4. The predicted molar refractivity (Wildman–Crippen MR) is 283 cm³/mol. The molecule has 2 saturated carbocycles. The van der Waals surface area contributed by atoms with E-state index >= 15 is 0 Å². The van der Waals surface area contributed by atoms with Crippen molar-refractivity contribution in [1.29, 1.82) is 0 Å². The molecular weight excluding hydrogens is 984 g/mol. The quantitative estimate of drug-likeness (QED) is 0.0534. The van der Waals surface area contributed by atoms with Gasteiger partial charge >= 0.3 is 11.7 Å². The van der Waals surface area contributed by atoms with Gasteiger partial charge in [0.1, 0.15) is 22.1 Å². The van der Waals surface area contributed by atoms with Crippen molar-refractivity contribution < 1.29 is 41.9 Å². The molecule has 0 radical (unpaired) electrons. The number of nitro groups is 1. The highest BCUT2D eigenvalue weighted by Crippen LogP contribution is 2.53. The summed E-state index contributed by atoms with van der Waals surface area (Å²) in [7, 11) is -3.39. The molecule has 3 aromatic heterocycles. The predicted octanol–water partition coefficient (Wildman–Crippen LogP) is 8.97. The van der Waals surface area contributed by atoms with Crippen LogP contribution in [0.4, 0.5) is 26.4 Å². The average Bonchev–Trinajstić information content (AvgIpc) is 3.75. The number of nitrogens with one attached hydrogen (secondary N) is 3. The standard InChI is InChI=1S/C54H69FN10O9S/c1-7-61(8-2)52(67)63-23-24-64(45(33-63)40-12-10-9-11-39(40)34(3)4)37-28-54(29-37)19-21-62(22-20-54)36-13-14-41(46(25-36)74-47-27-42-43(55)32-58-48(42)59-51(47)73-6)50(66)60-75(71,72)38-26-44(65(69)70)49(57-31-38)56-30-35-15-17-53(5,68)18-16-35/h9-14,25-27,31-32,34-35,37,45,68H,7-8,15-24,28-30,33H2,1-6H3,(H,56,57)(H,58,59)(H,60,66)/t35?,45-,53?/m0/s1. The number of aliphatic hydroxyl groups is 1. The number of ether oxygens (including phenoxy) is 2. The van der Waals surface area contributed by atoms with Gasteiger partial charge < -0.3 is 39.6 Å². The largest absolute Gasteiger partial charge is 0.478 e. The summed E-state index contributed by atoms with van der Waals surface area (Å²) in [6.07, 6.45) is 8.56. The molecular formula is C54H69FN10O9S.